The van der Waals surface area contributed by atoms with Gasteiger partial charge in [-0.3, -0.25) is 14.9 Å². The lowest BCUT2D eigenvalue weighted by Crippen LogP contribution is -2.34. The quantitative estimate of drug-likeness (QED) is 0.591. The molecular formula is C14H17N3O4. The number of nitro groups is 1. The number of hydrogen-bond donors (Lipinski definition) is 0. The Labute approximate surface area is 122 Å². The van der Waals surface area contributed by atoms with Crippen molar-refractivity contribution in [1.29, 1.82) is 5.26 Å². The van der Waals surface area contributed by atoms with Crippen LogP contribution < -0.4 is 4.74 Å². The smallest absolute Gasteiger partial charge is 0.273 e. The lowest BCUT2D eigenvalue weighted by Gasteiger charge is -2.22. The molecule has 0 heterocycles. The molecule has 0 aliphatic rings. The van der Waals surface area contributed by atoms with Gasteiger partial charge >= 0.3 is 0 Å². The Bertz CT molecular complexity index is 580. The first-order valence-electron chi connectivity index (χ1n) is 6.45. The van der Waals surface area contributed by atoms with Gasteiger partial charge in [-0.2, -0.15) is 5.26 Å². The maximum Gasteiger partial charge on any atom is 0.273 e. The average molecular weight is 291 g/mol. The largest absolute Gasteiger partial charge is 0.496 e. The fourth-order valence-electron chi connectivity index (χ4n) is 1.87. The second-order valence-electron chi connectivity index (χ2n) is 4.52. The number of nitro benzene ring substituents is 1. The third-order valence-corrected chi connectivity index (χ3v) is 3.01. The van der Waals surface area contributed by atoms with E-state index < -0.39 is 4.92 Å². The summed E-state index contributed by atoms with van der Waals surface area (Å²) in [6.07, 6.45) is 0. The van der Waals surface area contributed by atoms with Crippen LogP contribution in [0.2, 0.25) is 0 Å². The van der Waals surface area contributed by atoms with Crippen LogP contribution in [0, 0.1) is 27.4 Å². The highest BCUT2D eigenvalue weighted by Gasteiger charge is 2.22. The molecule has 112 valence electrons. The molecule has 0 aromatic heterocycles. The zero-order chi connectivity index (χ0) is 16.0. The van der Waals surface area contributed by atoms with Crippen molar-refractivity contribution >= 4 is 11.6 Å². The van der Waals surface area contributed by atoms with Crippen molar-refractivity contribution in [1.82, 2.24) is 4.90 Å². The topological polar surface area (TPSA) is 96.5 Å². The highest BCUT2D eigenvalue weighted by molar-refractivity contribution is 5.97. The summed E-state index contributed by atoms with van der Waals surface area (Å²) in [5.74, 6) is -0.457. The molecule has 0 fully saturated rings. The Hall–Kier alpha value is -2.62. The maximum absolute atomic E-state index is 12.5. The molecule has 1 unspecified atom stereocenters. The molecule has 0 saturated carbocycles. The summed E-state index contributed by atoms with van der Waals surface area (Å²) in [5, 5.41) is 19.6. The van der Waals surface area contributed by atoms with Gasteiger partial charge in [0.05, 0.1) is 35.7 Å². The van der Waals surface area contributed by atoms with Gasteiger partial charge in [0.2, 0.25) is 0 Å². The van der Waals surface area contributed by atoms with Crippen LogP contribution in [0.15, 0.2) is 18.2 Å². The van der Waals surface area contributed by atoms with E-state index in [0.717, 1.165) is 0 Å². The number of rotatable bonds is 6. The highest BCUT2D eigenvalue weighted by Crippen LogP contribution is 2.26. The van der Waals surface area contributed by atoms with Gasteiger partial charge in [0.25, 0.3) is 11.6 Å². The van der Waals surface area contributed by atoms with Crippen LogP contribution in [0.3, 0.4) is 0 Å². The van der Waals surface area contributed by atoms with Gasteiger partial charge in [-0.25, -0.2) is 0 Å². The zero-order valence-corrected chi connectivity index (χ0v) is 12.2. The highest BCUT2D eigenvalue weighted by atomic mass is 16.6. The lowest BCUT2D eigenvalue weighted by molar-refractivity contribution is -0.384. The number of nitriles is 1. The SMILES string of the molecule is CCN(CC(C)C#N)C(=O)c1ccc([N+](=O)[O-])cc1OC. The molecule has 0 aliphatic heterocycles. The van der Waals surface area contributed by atoms with E-state index in [2.05, 4.69) is 6.07 Å². The van der Waals surface area contributed by atoms with Crippen molar-refractivity contribution in [2.45, 2.75) is 13.8 Å². The van der Waals surface area contributed by atoms with E-state index in [4.69, 9.17) is 10.00 Å². The molecule has 1 rings (SSSR count). The van der Waals surface area contributed by atoms with Crippen molar-refractivity contribution in [3.05, 3.63) is 33.9 Å². The minimum Gasteiger partial charge on any atom is -0.496 e. The second-order valence-corrected chi connectivity index (χ2v) is 4.52. The van der Waals surface area contributed by atoms with Crippen LogP contribution in [0.25, 0.3) is 0 Å². The molecule has 7 nitrogen and oxygen atoms in total. The Kier molecular flexibility index (Phi) is 5.67. The van der Waals surface area contributed by atoms with E-state index in [9.17, 15) is 14.9 Å². The second kappa shape index (κ2) is 7.24. The van der Waals surface area contributed by atoms with Crippen molar-refractivity contribution in [2.24, 2.45) is 5.92 Å². The minimum atomic E-state index is -0.549. The summed E-state index contributed by atoms with van der Waals surface area (Å²) in [5.41, 5.74) is 0.104. The summed E-state index contributed by atoms with van der Waals surface area (Å²) in [7, 11) is 1.35. The number of nitrogens with zero attached hydrogens (tertiary/aromatic N) is 3. The first kappa shape index (κ1) is 16.4. The Balaban J connectivity index is 3.11. The van der Waals surface area contributed by atoms with E-state index in [0.29, 0.717) is 13.1 Å². The van der Waals surface area contributed by atoms with Crippen LogP contribution in [-0.2, 0) is 0 Å². The number of methoxy groups -OCH3 is 1. The van der Waals surface area contributed by atoms with Gasteiger partial charge in [0.15, 0.2) is 0 Å². The molecule has 21 heavy (non-hydrogen) atoms. The fourth-order valence-corrected chi connectivity index (χ4v) is 1.87. The minimum absolute atomic E-state index is 0.142. The van der Waals surface area contributed by atoms with Crippen molar-refractivity contribution in [2.75, 3.05) is 20.2 Å². The van der Waals surface area contributed by atoms with Crippen LogP contribution >= 0.6 is 0 Å². The van der Waals surface area contributed by atoms with Crippen LogP contribution in [0.5, 0.6) is 5.75 Å². The van der Waals surface area contributed by atoms with Crippen LogP contribution in [0.1, 0.15) is 24.2 Å². The monoisotopic (exact) mass is 291 g/mol. The Morgan fingerprint density at radius 3 is 2.71 bits per heavy atom. The summed E-state index contributed by atoms with van der Waals surface area (Å²) in [6, 6.07) is 5.93. The number of non-ortho nitro benzene ring substituents is 1. The van der Waals surface area contributed by atoms with Crippen molar-refractivity contribution in [3.8, 4) is 11.8 Å². The number of benzene rings is 1. The summed E-state index contributed by atoms with van der Waals surface area (Å²) in [6.45, 7) is 4.26. The van der Waals surface area contributed by atoms with E-state index in [1.54, 1.807) is 13.8 Å². The van der Waals surface area contributed by atoms with Gasteiger partial charge in [-0.05, 0) is 19.9 Å². The van der Waals surface area contributed by atoms with Crippen molar-refractivity contribution in [3.63, 3.8) is 0 Å². The van der Waals surface area contributed by atoms with E-state index >= 15 is 0 Å². The number of amides is 1. The summed E-state index contributed by atoms with van der Waals surface area (Å²) in [4.78, 5) is 24.2. The molecule has 0 radical (unpaired) electrons. The maximum atomic E-state index is 12.5. The average Bonchev–Trinajstić information content (AvgIpc) is 2.50. The third-order valence-electron chi connectivity index (χ3n) is 3.01. The van der Waals surface area contributed by atoms with Gasteiger partial charge in [-0.15, -0.1) is 0 Å². The number of carbonyl (C=O) groups is 1. The van der Waals surface area contributed by atoms with Gasteiger partial charge in [0.1, 0.15) is 5.75 Å². The van der Waals surface area contributed by atoms with E-state index in [1.807, 2.05) is 0 Å². The zero-order valence-electron chi connectivity index (χ0n) is 12.2. The molecule has 1 atom stereocenters. The van der Waals surface area contributed by atoms with Gasteiger partial charge in [-0.1, -0.05) is 0 Å². The number of ether oxygens (including phenoxy) is 1. The molecular weight excluding hydrogens is 274 g/mol. The molecule has 0 bridgehead atoms. The van der Waals surface area contributed by atoms with E-state index in [-0.39, 0.29) is 28.8 Å². The molecule has 1 amide bonds. The molecule has 7 heteroatoms. The standard InChI is InChI=1S/C14H17N3O4/c1-4-16(9-10(2)8-15)14(18)12-6-5-11(17(19)20)7-13(12)21-3/h5-7,10H,4,9H2,1-3H3. The van der Waals surface area contributed by atoms with Gasteiger partial charge in [0, 0.05) is 19.2 Å². The first-order valence-corrected chi connectivity index (χ1v) is 6.45. The van der Waals surface area contributed by atoms with Crippen LogP contribution in [-0.4, -0.2) is 35.9 Å². The van der Waals surface area contributed by atoms with Crippen molar-refractivity contribution < 1.29 is 14.5 Å². The third kappa shape index (κ3) is 3.92. The number of hydrogen-bond acceptors (Lipinski definition) is 5. The molecule has 0 saturated heterocycles. The fraction of sp³-hybridized carbons (Fsp3) is 0.429. The molecule has 0 N–H and O–H groups in total. The van der Waals surface area contributed by atoms with E-state index in [1.165, 1.54) is 30.2 Å². The number of carbonyl (C=O) groups excluding carboxylic acids is 1. The first-order chi connectivity index (χ1) is 9.94. The van der Waals surface area contributed by atoms with Crippen LogP contribution in [0.4, 0.5) is 5.69 Å². The predicted octanol–water partition coefficient (Wildman–Crippen LogP) is 2.23. The normalized spacial score (nSPS) is 11.3. The molecule has 1 aromatic carbocycles. The summed E-state index contributed by atoms with van der Waals surface area (Å²) < 4.78 is 5.07. The molecule has 1 aromatic rings. The Morgan fingerprint density at radius 1 is 1.57 bits per heavy atom. The molecule has 0 aliphatic carbocycles. The summed E-state index contributed by atoms with van der Waals surface area (Å²) >= 11 is 0. The van der Waals surface area contributed by atoms with Gasteiger partial charge < -0.3 is 9.64 Å². The predicted molar refractivity (Wildman–Crippen MR) is 76.0 cm³/mol. The lowest BCUT2D eigenvalue weighted by atomic mass is 10.1. The molecule has 0 spiro atoms. The Morgan fingerprint density at radius 2 is 2.24 bits per heavy atom.